The van der Waals surface area contributed by atoms with Gasteiger partial charge in [-0.15, -0.1) is 0 Å². The molecule has 0 aliphatic rings. The second kappa shape index (κ2) is 10.9. The number of carbonyl (C=O) groups is 1. The highest BCUT2D eigenvalue weighted by molar-refractivity contribution is 14.2. The summed E-state index contributed by atoms with van der Waals surface area (Å²) in [5.74, 6) is 0.767. The Kier molecular flexibility index (Phi) is 8.24. The van der Waals surface area contributed by atoms with Gasteiger partial charge in [-0.05, 0) is 17.7 Å². The Morgan fingerprint density at radius 3 is 2.74 bits per heavy atom. The quantitative estimate of drug-likeness (QED) is 0.286. The van der Waals surface area contributed by atoms with Crippen LogP contribution in [0.3, 0.4) is 0 Å². The molecule has 0 aliphatic carbocycles. The van der Waals surface area contributed by atoms with E-state index in [1.54, 1.807) is 31.5 Å². The number of halogens is 2. The molecule has 0 bridgehead atoms. The molecule has 10 heteroatoms. The molecule has 1 aromatic carbocycles. The Balaban J connectivity index is 1.71. The van der Waals surface area contributed by atoms with Gasteiger partial charge in [0.15, 0.2) is 11.6 Å². The SMILES string of the molecule is COc1ccc(OCCOc2cc3c([C@@H](C)CNC(C)=O)cn(SI)c3cc2F)cn1. The standard InChI is InChI=1S/C21H23FIN3O4S/c1-13(10-24-14(2)27)17-12-26(31-23)19-9-18(22)20(8-16(17)19)30-7-6-29-15-4-5-21(28-3)25-11-15/h4-5,8-9,11-13H,6-7,10H2,1-3H3,(H,24,27)/t13-/m0/s1. The Bertz CT molecular complexity index is 1050. The fraction of sp³-hybridized carbons (Fsp3) is 0.333. The molecule has 1 atom stereocenters. The second-order valence-corrected chi connectivity index (χ2v) is 8.56. The Morgan fingerprint density at radius 2 is 2.10 bits per heavy atom. The van der Waals surface area contributed by atoms with Crippen LogP contribution in [0.4, 0.5) is 4.39 Å². The summed E-state index contributed by atoms with van der Waals surface area (Å²) in [6.07, 6.45) is 3.52. The molecular weight excluding hydrogens is 536 g/mol. The first kappa shape index (κ1) is 23.5. The third kappa shape index (κ3) is 5.94. The van der Waals surface area contributed by atoms with E-state index in [0.717, 1.165) is 16.5 Å². The zero-order chi connectivity index (χ0) is 22.4. The first-order chi connectivity index (χ1) is 14.9. The largest absolute Gasteiger partial charge is 0.488 e. The highest BCUT2D eigenvalue weighted by Gasteiger charge is 2.18. The number of nitrogens with one attached hydrogen (secondary N) is 1. The van der Waals surface area contributed by atoms with E-state index in [0.29, 0.717) is 18.2 Å². The number of hydrogen-bond acceptors (Lipinski definition) is 6. The smallest absolute Gasteiger partial charge is 0.216 e. The number of hydrogen-bond donors (Lipinski definition) is 1. The van der Waals surface area contributed by atoms with Gasteiger partial charge in [0.25, 0.3) is 0 Å². The monoisotopic (exact) mass is 559 g/mol. The van der Waals surface area contributed by atoms with Crippen molar-refractivity contribution in [3.05, 3.63) is 48.0 Å². The number of aromatic nitrogens is 2. The Morgan fingerprint density at radius 1 is 1.32 bits per heavy atom. The van der Waals surface area contributed by atoms with Gasteiger partial charge in [-0.2, -0.15) is 0 Å². The highest BCUT2D eigenvalue weighted by atomic mass is 127. The number of carbonyl (C=O) groups excluding carboxylic acids is 1. The maximum atomic E-state index is 14.7. The van der Waals surface area contributed by atoms with E-state index in [9.17, 15) is 9.18 Å². The summed E-state index contributed by atoms with van der Waals surface area (Å²) in [5.41, 5.74) is 1.77. The van der Waals surface area contributed by atoms with Gasteiger partial charge < -0.3 is 19.5 Å². The molecule has 0 aliphatic heterocycles. The summed E-state index contributed by atoms with van der Waals surface area (Å²) in [6, 6.07) is 6.62. The molecule has 0 spiro atoms. The van der Waals surface area contributed by atoms with Crippen molar-refractivity contribution in [1.29, 1.82) is 0 Å². The van der Waals surface area contributed by atoms with Gasteiger partial charge in [0.05, 0.1) is 18.8 Å². The lowest BCUT2D eigenvalue weighted by Crippen LogP contribution is -2.24. The predicted molar refractivity (Wildman–Crippen MR) is 128 cm³/mol. The van der Waals surface area contributed by atoms with Gasteiger partial charge in [0.1, 0.15) is 19.0 Å². The van der Waals surface area contributed by atoms with Crippen LogP contribution in [0.1, 0.15) is 25.3 Å². The minimum atomic E-state index is -0.440. The van der Waals surface area contributed by atoms with Gasteiger partial charge >= 0.3 is 0 Å². The van der Waals surface area contributed by atoms with Crippen LogP contribution in [0.25, 0.3) is 10.9 Å². The maximum Gasteiger partial charge on any atom is 0.216 e. The molecule has 0 fully saturated rings. The van der Waals surface area contributed by atoms with Crippen LogP contribution in [0.5, 0.6) is 17.4 Å². The van der Waals surface area contributed by atoms with Crippen molar-refractivity contribution in [2.24, 2.45) is 0 Å². The van der Waals surface area contributed by atoms with E-state index >= 15 is 0 Å². The maximum absolute atomic E-state index is 14.7. The van der Waals surface area contributed by atoms with Crippen molar-refractivity contribution < 1.29 is 23.4 Å². The second-order valence-electron chi connectivity index (χ2n) is 6.85. The molecule has 0 unspecified atom stereocenters. The van der Waals surface area contributed by atoms with E-state index in [4.69, 9.17) is 14.2 Å². The zero-order valence-electron chi connectivity index (χ0n) is 17.4. The van der Waals surface area contributed by atoms with E-state index in [1.165, 1.54) is 22.1 Å². The zero-order valence-corrected chi connectivity index (χ0v) is 20.3. The number of rotatable bonds is 10. The normalized spacial score (nSPS) is 11.9. The number of ether oxygens (including phenoxy) is 3. The molecule has 2 aromatic heterocycles. The molecule has 1 N–H and O–H groups in total. The molecule has 0 saturated heterocycles. The number of amides is 1. The molecule has 0 radical (unpaired) electrons. The minimum absolute atomic E-state index is 0.0559. The first-order valence-electron chi connectivity index (χ1n) is 9.56. The van der Waals surface area contributed by atoms with Crippen LogP contribution in [-0.4, -0.2) is 41.7 Å². The summed E-state index contributed by atoms with van der Waals surface area (Å²) in [6.45, 7) is 4.42. The number of benzene rings is 1. The van der Waals surface area contributed by atoms with Crippen LogP contribution < -0.4 is 19.5 Å². The highest BCUT2D eigenvalue weighted by Crippen LogP contribution is 2.36. The lowest BCUT2D eigenvalue weighted by Gasteiger charge is -2.12. The van der Waals surface area contributed by atoms with Gasteiger partial charge in [0, 0.05) is 73.4 Å². The molecule has 2 heterocycles. The number of nitrogens with zero attached hydrogens (tertiary/aromatic N) is 2. The van der Waals surface area contributed by atoms with Crippen molar-refractivity contribution >= 4 is 47.1 Å². The number of fused-ring (bicyclic) bond motifs is 1. The molecule has 3 aromatic rings. The van der Waals surface area contributed by atoms with Gasteiger partial charge in [-0.25, -0.2) is 9.37 Å². The van der Waals surface area contributed by atoms with Crippen molar-refractivity contribution in [2.75, 3.05) is 26.9 Å². The summed E-state index contributed by atoms with van der Waals surface area (Å²) in [5, 5.41) is 3.72. The van der Waals surface area contributed by atoms with E-state index in [1.807, 2.05) is 17.1 Å². The van der Waals surface area contributed by atoms with Crippen LogP contribution in [0, 0.1) is 5.82 Å². The van der Waals surface area contributed by atoms with Crippen molar-refractivity contribution in [2.45, 2.75) is 19.8 Å². The average Bonchev–Trinajstić information content (AvgIpc) is 3.12. The van der Waals surface area contributed by atoms with Crippen LogP contribution in [-0.2, 0) is 4.79 Å². The summed E-state index contributed by atoms with van der Waals surface area (Å²) in [7, 11) is 3.00. The topological polar surface area (TPSA) is 74.6 Å². The summed E-state index contributed by atoms with van der Waals surface area (Å²) in [4.78, 5) is 15.3. The molecule has 0 saturated carbocycles. The summed E-state index contributed by atoms with van der Waals surface area (Å²) >= 11 is 2.15. The Hall–Kier alpha value is -2.21. The number of methoxy groups -OCH3 is 1. The van der Waals surface area contributed by atoms with Gasteiger partial charge in [-0.3, -0.25) is 8.77 Å². The molecule has 7 nitrogen and oxygen atoms in total. The molecule has 3 rings (SSSR count). The van der Waals surface area contributed by atoms with Crippen molar-refractivity contribution in [3.63, 3.8) is 0 Å². The van der Waals surface area contributed by atoms with Gasteiger partial charge in [-0.1, -0.05) is 6.92 Å². The molecule has 1 amide bonds. The summed E-state index contributed by atoms with van der Waals surface area (Å²) < 4.78 is 32.8. The van der Waals surface area contributed by atoms with E-state index < -0.39 is 5.82 Å². The van der Waals surface area contributed by atoms with Crippen molar-refractivity contribution in [3.8, 4) is 17.4 Å². The molecule has 31 heavy (non-hydrogen) atoms. The molecule has 166 valence electrons. The average molecular weight is 559 g/mol. The molecular formula is C21H23FIN3O4S. The van der Waals surface area contributed by atoms with Crippen LogP contribution in [0.2, 0.25) is 0 Å². The van der Waals surface area contributed by atoms with Gasteiger partial charge in [0.2, 0.25) is 11.8 Å². The lowest BCUT2D eigenvalue weighted by atomic mass is 10.0. The predicted octanol–water partition coefficient (Wildman–Crippen LogP) is 4.73. The van der Waals surface area contributed by atoms with E-state index in [2.05, 4.69) is 31.5 Å². The third-order valence-electron chi connectivity index (χ3n) is 4.65. The first-order valence-corrected chi connectivity index (χ1v) is 12.9. The van der Waals surface area contributed by atoms with Crippen LogP contribution in [0.15, 0.2) is 36.7 Å². The third-order valence-corrected chi connectivity index (χ3v) is 6.37. The fourth-order valence-electron chi connectivity index (χ4n) is 3.07. The van der Waals surface area contributed by atoms with Crippen molar-refractivity contribution in [1.82, 2.24) is 14.3 Å². The lowest BCUT2D eigenvalue weighted by molar-refractivity contribution is -0.119. The Labute approximate surface area is 196 Å². The number of pyridine rings is 1. The van der Waals surface area contributed by atoms with E-state index in [-0.39, 0.29) is 30.8 Å². The van der Waals surface area contributed by atoms with Crippen LogP contribution >= 0.6 is 30.3 Å². The minimum Gasteiger partial charge on any atom is -0.488 e. The fourth-order valence-corrected chi connectivity index (χ4v) is 4.43.